The van der Waals surface area contributed by atoms with Crippen LogP contribution in [0.4, 0.5) is 0 Å². The molecule has 0 spiro atoms. The maximum atomic E-state index is 5.06. The van der Waals surface area contributed by atoms with E-state index < -0.39 is 0 Å². The highest BCUT2D eigenvalue weighted by molar-refractivity contribution is 14.1. The van der Waals surface area contributed by atoms with E-state index in [-0.39, 0.29) is 10.8 Å². The standard InChI is InChI=1S/C21H37IN2/c1-8-10-11-12-13-14-15-16-17(20(3,4)5)18(22)24-19(23-16)21(6,7)9-2/h8-15H2,1-7H3. The Balaban J connectivity index is 3.00. The molecule has 1 aromatic rings. The number of aromatic nitrogens is 2. The van der Waals surface area contributed by atoms with Gasteiger partial charge in [-0.05, 0) is 47.3 Å². The molecule has 0 aliphatic rings. The molecular weight excluding hydrogens is 407 g/mol. The smallest absolute Gasteiger partial charge is 0.135 e. The average molecular weight is 444 g/mol. The minimum Gasteiger partial charge on any atom is -0.237 e. The molecule has 1 rings (SSSR count). The van der Waals surface area contributed by atoms with Crippen molar-refractivity contribution in [1.82, 2.24) is 9.97 Å². The van der Waals surface area contributed by atoms with Crippen LogP contribution in [-0.4, -0.2) is 9.97 Å². The molecule has 0 bridgehead atoms. The SMILES string of the molecule is CCCCCCCCc1nc(C(C)(C)CC)nc(I)c1C(C)(C)C. The van der Waals surface area contributed by atoms with E-state index in [1.165, 1.54) is 49.8 Å². The van der Waals surface area contributed by atoms with Gasteiger partial charge in [-0.3, -0.25) is 0 Å². The van der Waals surface area contributed by atoms with Crippen LogP contribution in [0.1, 0.15) is 110 Å². The van der Waals surface area contributed by atoms with Crippen LogP contribution in [0.3, 0.4) is 0 Å². The molecule has 0 fully saturated rings. The summed E-state index contributed by atoms with van der Waals surface area (Å²) >= 11 is 2.42. The first-order chi connectivity index (χ1) is 11.1. The van der Waals surface area contributed by atoms with Gasteiger partial charge >= 0.3 is 0 Å². The van der Waals surface area contributed by atoms with Crippen molar-refractivity contribution >= 4 is 22.6 Å². The van der Waals surface area contributed by atoms with Crippen molar-refractivity contribution in [2.75, 3.05) is 0 Å². The molecule has 3 heteroatoms. The molecule has 0 aliphatic carbocycles. The summed E-state index contributed by atoms with van der Waals surface area (Å²) in [6.07, 6.45) is 10.1. The van der Waals surface area contributed by atoms with E-state index in [2.05, 4.69) is 71.1 Å². The lowest BCUT2D eigenvalue weighted by molar-refractivity contribution is 0.461. The van der Waals surface area contributed by atoms with Crippen molar-refractivity contribution in [3.63, 3.8) is 0 Å². The minimum atomic E-state index is 0.0478. The number of halogens is 1. The van der Waals surface area contributed by atoms with E-state index in [9.17, 15) is 0 Å². The summed E-state index contributed by atoms with van der Waals surface area (Å²) in [5.41, 5.74) is 2.79. The van der Waals surface area contributed by atoms with E-state index in [0.29, 0.717) is 0 Å². The molecular formula is C21H37IN2. The summed E-state index contributed by atoms with van der Waals surface area (Å²) in [6.45, 7) is 15.8. The number of hydrogen-bond acceptors (Lipinski definition) is 2. The zero-order valence-electron chi connectivity index (χ0n) is 16.9. The van der Waals surface area contributed by atoms with Crippen LogP contribution in [-0.2, 0) is 17.3 Å². The number of aryl methyl sites for hydroxylation is 1. The molecule has 0 aromatic carbocycles. The van der Waals surface area contributed by atoms with E-state index >= 15 is 0 Å². The summed E-state index contributed by atoms with van der Waals surface area (Å²) < 4.78 is 1.15. The van der Waals surface area contributed by atoms with Gasteiger partial charge < -0.3 is 0 Å². The van der Waals surface area contributed by atoms with Crippen molar-refractivity contribution in [3.05, 3.63) is 20.8 Å². The Morgan fingerprint density at radius 1 is 0.833 bits per heavy atom. The number of unbranched alkanes of at least 4 members (excludes halogenated alkanes) is 5. The molecule has 0 N–H and O–H groups in total. The quantitative estimate of drug-likeness (QED) is 0.234. The Bertz CT molecular complexity index is 515. The first kappa shape index (κ1) is 21.9. The second-order valence-corrected chi connectivity index (χ2v) is 9.69. The fourth-order valence-corrected chi connectivity index (χ4v) is 4.28. The van der Waals surface area contributed by atoms with Gasteiger partial charge in [0.1, 0.15) is 9.53 Å². The molecule has 2 nitrogen and oxygen atoms in total. The van der Waals surface area contributed by atoms with Crippen LogP contribution in [0.25, 0.3) is 0 Å². The molecule has 0 saturated carbocycles. The van der Waals surface area contributed by atoms with Crippen LogP contribution in [0.2, 0.25) is 0 Å². The molecule has 1 heterocycles. The van der Waals surface area contributed by atoms with Crippen molar-refractivity contribution in [2.24, 2.45) is 0 Å². The van der Waals surface area contributed by atoms with Gasteiger partial charge in [0.05, 0.1) is 0 Å². The fourth-order valence-electron chi connectivity index (χ4n) is 2.93. The molecule has 0 amide bonds. The van der Waals surface area contributed by atoms with Gasteiger partial charge in [-0.15, -0.1) is 0 Å². The van der Waals surface area contributed by atoms with Crippen molar-refractivity contribution in [3.8, 4) is 0 Å². The molecule has 0 aliphatic heterocycles. The third-order valence-electron chi connectivity index (χ3n) is 4.95. The normalized spacial score (nSPS) is 12.7. The molecule has 0 atom stereocenters. The number of nitrogens with zero attached hydrogens (tertiary/aromatic N) is 2. The van der Waals surface area contributed by atoms with Crippen molar-refractivity contribution in [2.45, 2.75) is 111 Å². The largest absolute Gasteiger partial charge is 0.237 e. The van der Waals surface area contributed by atoms with Crippen LogP contribution in [0.15, 0.2) is 0 Å². The topological polar surface area (TPSA) is 25.8 Å². The van der Waals surface area contributed by atoms with Crippen LogP contribution >= 0.6 is 22.6 Å². The molecule has 1 aromatic heterocycles. The lowest BCUT2D eigenvalue weighted by Crippen LogP contribution is -2.26. The summed E-state index contributed by atoms with van der Waals surface area (Å²) in [6, 6.07) is 0. The van der Waals surface area contributed by atoms with Gasteiger partial charge in [0.2, 0.25) is 0 Å². The maximum Gasteiger partial charge on any atom is 0.135 e. The second-order valence-electron chi connectivity index (χ2n) is 8.66. The summed E-state index contributed by atoms with van der Waals surface area (Å²) in [7, 11) is 0. The van der Waals surface area contributed by atoms with E-state index in [4.69, 9.17) is 9.97 Å². The zero-order valence-corrected chi connectivity index (χ0v) is 19.1. The summed E-state index contributed by atoms with van der Waals surface area (Å²) in [4.78, 5) is 9.95. The van der Waals surface area contributed by atoms with Gasteiger partial charge in [-0.2, -0.15) is 0 Å². The highest BCUT2D eigenvalue weighted by atomic mass is 127. The second kappa shape index (κ2) is 9.49. The molecule has 0 saturated heterocycles. The maximum absolute atomic E-state index is 5.06. The Labute approximate surface area is 163 Å². The summed E-state index contributed by atoms with van der Waals surface area (Å²) in [5, 5.41) is 0. The number of rotatable bonds is 9. The average Bonchev–Trinajstić information content (AvgIpc) is 2.48. The zero-order chi connectivity index (χ0) is 18.4. The molecule has 24 heavy (non-hydrogen) atoms. The van der Waals surface area contributed by atoms with Crippen molar-refractivity contribution in [1.29, 1.82) is 0 Å². The first-order valence-electron chi connectivity index (χ1n) is 9.70. The predicted octanol–water partition coefficient (Wildman–Crippen LogP) is 6.97. The monoisotopic (exact) mass is 444 g/mol. The van der Waals surface area contributed by atoms with E-state index in [1.54, 1.807) is 0 Å². The van der Waals surface area contributed by atoms with Crippen molar-refractivity contribution < 1.29 is 0 Å². The fraction of sp³-hybridized carbons (Fsp3) is 0.810. The molecule has 138 valence electrons. The Hall–Kier alpha value is -0.190. The third-order valence-corrected chi connectivity index (χ3v) is 5.73. The Kier molecular flexibility index (Phi) is 8.64. The minimum absolute atomic E-state index is 0.0478. The highest BCUT2D eigenvalue weighted by Crippen LogP contribution is 2.32. The predicted molar refractivity (Wildman–Crippen MR) is 114 cm³/mol. The lowest BCUT2D eigenvalue weighted by Gasteiger charge is -2.27. The first-order valence-corrected chi connectivity index (χ1v) is 10.8. The van der Waals surface area contributed by atoms with Gasteiger partial charge in [0, 0.05) is 16.7 Å². The molecule has 0 unspecified atom stereocenters. The van der Waals surface area contributed by atoms with Crippen LogP contribution in [0, 0.1) is 3.70 Å². The highest BCUT2D eigenvalue weighted by Gasteiger charge is 2.28. The van der Waals surface area contributed by atoms with Gasteiger partial charge in [0.15, 0.2) is 0 Å². The number of hydrogen-bond donors (Lipinski definition) is 0. The van der Waals surface area contributed by atoms with E-state index in [0.717, 1.165) is 22.4 Å². The molecule has 0 radical (unpaired) electrons. The lowest BCUT2D eigenvalue weighted by atomic mass is 9.84. The van der Waals surface area contributed by atoms with E-state index in [1.807, 2.05) is 0 Å². The summed E-state index contributed by atoms with van der Waals surface area (Å²) in [5.74, 6) is 1.02. The third kappa shape index (κ3) is 6.27. The van der Waals surface area contributed by atoms with Crippen LogP contribution in [0.5, 0.6) is 0 Å². The van der Waals surface area contributed by atoms with Gasteiger partial charge in [-0.1, -0.05) is 80.6 Å². The van der Waals surface area contributed by atoms with Crippen LogP contribution < -0.4 is 0 Å². The van der Waals surface area contributed by atoms with Gasteiger partial charge in [0.25, 0.3) is 0 Å². The van der Waals surface area contributed by atoms with Gasteiger partial charge in [-0.25, -0.2) is 9.97 Å². The Morgan fingerprint density at radius 2 is 1.42 bits per heavy atom. The Morgan fingerprint density at radius 3 is 1.96 bits per heavy atom.